The number of ketones is 1. The van der Waals surface area contributed by atoms with Gasteiger partial charge in [0.15, 0.2) is 5.78 Å². The van der Waals surface area contributed by atoms with E-state index in [2.05, 4.69) is 31.9 Å². The van der Waals surface area contributed by atoms with Gasteiger partial charge in [0.25, 0.3) is 0 Å². The Bertz CT molecular complexity index is 288. The van der Waals surface area contributed by atoms with E-state index in [1.807, 2.05) is 6.92 Å². The molecule has 1 atom stereocenters. The molecular weight excluding hydrogens is 328 g/mol. The van der Waals surface area contributed by atoms with E-state index in [0.717, 1.165) is 6.42 Å². The summed E-state index contributed by atoms with van der Waals surface area (Å²) in [5.74, 6) is -0.922. The Labute approximate surface area is 106 Å². The second kappa shape index (κ2) is 4.53. The van der Waals surface area contributed by atoms with Crippen LogP contribution in [-0.2, 0) is 9.59 Å². The minimum Gasteiger partial charge on any atom is -0.481 e. The fraction of sp³-hybridized carbons (Fsp3) is 0.800. The molecule has 0 radical (unpaired) electrons. The first-order chi connectivity index (χ1) is 6.84. The second-order valence-corrected chi connectivity index (χ2v) is 7.86. The number of hydrogen-bond acceptors (Lipinski definition) is 2. The van der Waals surface area contributed by atoms with E-state index < -0.39 is 14.6 Å². The number of carbonyl (C=O) groups is 2. The van der Waals surface area contributed by atoms with Crippen LogP contribution in [0, 0.1) is 5.41 Å². The lowest BCUT2D eigenvalue weighted by molar-refractivity contribution is -0.146. The van der Waals surface area contributed by atoms with Gasteiger partial charge in [0, 0.05) is 5.41 Å². The SMILES string of the molecule is CCC1(CC(=O)O)CCCC(Br)(Br)C1=O. The van der Waals surface area contributed by atoms with Crippen LogP contribution in [0.4, 0.5) is 0 Å². The van der Waals surface area contributed by atoms with Gasteiger partial charge in [-0.3, -0.25) is 9.59 Å². The number of halogens is 2. The normalized spacial score (nSPS) is 30.2. The monoisotopic (exact) mass is 340 g/mol. The number of carbonyl (C=O) groups excluding carboxylic acids is 1. The summed E-state index contributed by atoms with van der Waals surface area (Å²) in [6, 6.07) is 0. The van der Waals surface area contributed by atoms with E-state index >= 15 is 0 Å². The fourth-order valence-electron chi connectivity index (χ4n) is 2.18. The number of rotatable bonds is 3. The average Bonchev–Trinajstić information content (AvgIpc) is 2.12. The molecule has 0 spiro atoms. The maximum Gasteiger partial charge on any atom is 0.304 e. The van der Waals surface area contributed by atoms with Crippen LogP contribution in [0.1, 0.15) is 39.0 Å². The van der Waals surface area contributed by atoms with Crippen molar-refractivity contribution in [2.75, 3.05) is 0 Å². The zero-order valence-electron chi connectivity index (χ0n) is 8.56. The highest BCUT2D eigenvalue weighted by atomic mass is 79.9. The maximum atomic E-state index is 12.2. The molecule has 0 bridgehead atoms. The number of carboxylic acids is 1. The van der Waals surface area contributed by atoms with Crippen LogP contribution in [-0.4, -0.2) is 20.1 Å². The summed E-state index contributed by atoms with van der Waals surface area (Å²) >= 11 is 6.68. The standard InChI is InChI=1S/C10H14Br2O3/c1-2-9(6-7(13)14)4-3-5-10(11,12)8(9)15/h2-6H2,1H3,(H,13,14). The summed E-state index contributed by atoms with van der Waals surface area (Å²) in [6.07, 6.45) is 2.77. The number of Topliss-reactive ketones (excluding diaryl/α,β-unsaturated/α-hetero) is 1. The van der Waals surface area contributed by atoms with E-state index in [9.17, 15) is 9.59 Å². The summed E-state index contributed by atoms with van der Waals surface area (Å²) in [7, 11) is 0. The summed E-state index contributed by atoms with van der Waals surface area (Å²) in [6.45, 7) is 1.88. The van der Waals surface area contributed by atoms with Gasteiger partial charge in [0.2, 0.25) is 0 Å². The molecule has 0 aromatic heterocycles. The number of hydrogen-bond donors (Lipinski definition) is 1. The minimum absolute atomic E-state index is 0.0221. The zero-order chi connectivity index (χ0) is 11.7. The van der Waals surface area contributed by atoms with Crippen molar-refractivity contribution in [2.24, 2.45) is 5.41 Å². The van der Waals surface area contributed by atoms with Gasteiger partial charge in [0.1, 0.15) is 3.23 Å². The van der Waals surface area contributed by atoms with Crippen molar-refractivity contribution in [2.45, 2.75) is 42.3 Å². The van der Waals surface area contributed by atoms with E-state index in [-0.39, 0.29) is 12.2 Å². The molecule has 0 saturated heterocycles. The smallest absolute Gasteiger partial charge is 0.304 e. The maximum absolute atomic E-state index is 12.2. The number of aliphatic carboxylic acids is 1. The predicted octanol–water partition coefficient (Wildman–Crippen LogP) is 3.10. The molecule has 3 nitrogen and oxygen atoms in total. The highest BCUT2D eigenvalue weighted by Crippen LogP contribution is 2.49. The van der Waals surface area contributed by atoms with Crippen LogP contribution in [0.3, 0.4) is 0 Å². The van der Waals surface area contributed by atoms with Crippen molar-refractivity contribution < 1.29 is 14.7 Å². The third-order valence-electron chi connectivity index (χ3n) is 3.13. The molecule has 1 saturated carbocycles. The Kier molecular flexibility index (Phi) is 3.98. The Morgan fingerprint density at radius 3 is 2.53 bits per heavy atom. The largest absolute Gasteiger partial charge is 0.481 e. The van der Waals surface area contributed by atoms with Gasteiger partial charge in [0.05, 0.1) is 6.42 Å². The Morgan fingerprint density at radius 1 is 1.47 bits per heavy atom. The van der Waals surface area contributed by atoms with Gasteiger partial charge in [-0.25, -0.2) is 0 Å². The Hall–Kier alpha value is 0.1000. The van der Waals surface area contributed by atoms with Crippen LogP contribution in [0.2, 0.25) is 0 Å². The predicted molar refractivity (Wildman–Crippen MR) is 64.4 cm³/mol. The van der Waals surface area contributed by atoms with Gasteiger partial charge in [-0.1, -0.05) is 38.8 Å². The Balaban J connectivity index is 2.97. The molecule has 0 amide bonds. The molecule has 1 fully saturated rings. The molecule has 1 aliphatic carbocycles. The van der Waals surface area contributed by atoms with Crippen molar-refractivity contribution in [3.05, 3.63) is 0 Å². The van der Waals surface area contributed by atoms with Crippen LogP contribution < -0.4 is 0 Å². The molecule has 1 N–H and O–H groups in total. The molecule has 0 aromatic carbocycles. The lowest BCUT2D eigenvalue weighted by Crippen LogP contribution is -2.46. The van der Waals surface area contributed by atoms with Crippen LogP contribution in [0.5, 0.6) is 0 Å². The third-order valence-corrected chi connectivity index (χ3v) is 4.64. The van der Waals surface area contributed by atoms with Crippen LogP contribution >= 0.6 is 31.9 Å². The first kappa shape index (κ1) is 13.2. The lowest BCUT2D eigenvalue weighted by Gasteiger charge is -2.39. The number of alkyl halides is 2. The van der Waals surface area contributed by atoms with Crippen molar-refractivity contribution in [3.63, 3.8) is 0 Å². The first-order valence-corrected chi connectivity index (χ1v) is 6.57. The van der Waals surface area contributed by atoms with Crippen molar-refractivity contribution in [1.29, 1.82) is 0 Å². The highest BCUT2D eigenvalue weighted by molar-refractivity contribution is 9.25. The van der Waals surface area contributed by atoms with Crippen molar-refractivity contribution in [1.82, 2.24) is 0 Å². The van der Waals surface area contributed by atoms with Gasteiger partial charge in [-0.15, -0.1) is 0 Å². The van der Waals surface area contributed by atoms with Gasteiger partial charge in [-0.05, 0) is 25.7 Å². The highest BCUT2D eigenvalue weighted by Gasteiger charge is 2.50. The van der Waals surface area contributed by atoms with Crippen LogP contribution in [0.15, 0.2) is 0 Å². The summed E-state index contributed by atoms with van der Waals surface area (Å²) in [4.78, 5) is 23.0. The number of carboxylic acid groups (broad SMARTS) is 1. The molecule has 0 aliphatic heterocycles. The quantitative estimate of drug-likeness (QED) is 0.802. The lowest BCUT2D eigenvalue weighted by atomic mass is 9.69. The van der Waals surface area contributed by atoms with Crippen LogP contribution in [0.25, 0.3) is 0 Å². The van der Waals surface area contributed by atoms with Gasteiger partial charge < -0.3 is 5.11 Å². The Morgan fingerprint density at radius 2 is 2.07 bits per heavy atom. The summed E-state index contributed by atoms with van der Waals surface area (Å²) in [5.41, 5.74) is -0.697. The fourth-order valence-corrected chi connectivity index (χ4v) is 3.59. The van der Waals surface area contributed by atoms with Crippen molar-refractivity contribution in [3.8, 4) is 0 Å². The topological polar surface area (TPSA) is 54.4 Å². The molecule has 5 heteroatoms. The molecule has 15 heavy (non-hydrogen) atoms. The van der Waals surface area contributed by atoms with E-state index in [1.54, 1.807) is 0 Å². The molecule has 1 aliphatic rings. The zero-order valence-corrected chi connectivity index (χ0v) is 11.7. The van der Waals surface area contributed by atoms with Gasteiger partial charge in [-0.2, -0.15) is 0 Å². The summed E-state index contributed by atoms with van der Waals surface area (Å²) in [5, 5.41) is 8.87. The molecular formula is C10H14Br2O3. The van der Waals surface area contributed by atoms with Crippen molar-refractivity contribution >= 4 is 43.6 Å². The summed E-state index contributed by atoms with van der Waals surface area (Å²) < 4.78 is -0.719. The molecule has 0 aromatic rings. The molecule has 1 unspecified atom stereocenters. The molecule has 86 valence electrons. The average molecular weight is 342 g/mol. The van der Waals surface area contributed by atoms with E-state index in [0.29, 0.717) is 19.3 Å². The van der Waals surface area contributed by atoms with Gasteiger partial charge >= 0.3 is 5.97 Å². The first-order valence-electron chi connectivity index (χ1n) is 4.98. The van der Waals surface area contributed by atoms with E-state index in [4.69, 9.17) is 5.11 Å². The minimum atomic E-state index is -0.900. The second-order valence-electron chi connectivity index (χ2n) is 4.09. The molecule has 0 heterocycles. The third kappa shape index (κ3) is 2.61. The van der Waals surface area contributed by atoms with E-state index in [1.165, 1.54) is 0 Å². The molecule has 1 rings (SSSR count).